The standard InChI is InChI=1S/C15H20ClN3S/c1-15(2,3)10-9-20-13-11(10)12(17-14(16)18-13)19-7-5-4-6-8-19/h9H,4-8H2,1-3H3. The Bertz CT molecular complexity index is 624. The molecule has 0 aromatic carbocycles. The Labute approximate surface area is 129 Å². The third kappa shape index (κ3) is 2.51. The summed E-state index contributed by atoms with van der Waals surface area (Å²) in [6.45, 7) is 8.86. The second-order valence-corrected chi connectivity index (χ2v) is 7.64. The van der Waals surface area contributed by atoms with Gasteiger partial charge >= 0.3 is 0 Å². The summed E-state index contributed by atoms with van der Waals surface area (Å²) in [4.78, 5) is 12.4. The van der Waals surface area contributed by atoms with Gasteiger partial charge in [0.25, 0.3) is 0 Å². The highest BCUT2D eigenvalue weighted by Gasteiger charge is 2.25. The highest BCUT2D eigenvalue weighted by Crippen LogP contribution is 2.39. The van der Waals surface area contributed by atoms with Gasteiger partial charge in [-0.25, -0.2) is 4.98 Å². The lowest BCUT2D eigenvalue weighted by Crippen LogP contribution is -2.30. The first kappa shape index (κ1) is 14.1. The van der Waals surface area contributed by atoms with Gasteiger partial charge in [-0.1, -0.05) is 20.8 Å². The fraction of sp³-hybridized carbons (Fsp3) is 0.600. The zero-order chi connectivity index (χ0) is 14.3. The smallest absolute Gasteiger partial charge is 0.225 e. The Morgan fingerprint density at radius 3 is 2.50 bits per heavy atom. The number of nitrogens with zero attached hydrogens (tertiary/aromatic N) is 3. The predicted octanol–water partition coefficient (Wildman–Crippen LogP) is 4.63. The van der Waals surface area contributed by atoms with Gasteiger partial charge in [-0.3, -0.25) is 0 Å². The van der Waals surface area contributed by atoms with Crippen molar-refractivity contribution in [2.24, 2.45) is 0 Å². The fourth-order valence-electron chi connectivity index (χ4n) is 2.78. The van der Waals surface area contributed by atoms with E-state index in [-0.39, 0.29) is 5.41 Å². The summed E-state index contributed by atoms with van der Waals surface area (Å²) in [5, 5.41) is 3.78. The molecule has 20 heavy (non-hydrogen) atoms. The average Bonchev–Trinajstić information content (AvgIpc) is 2.82. The van der Waals surface area contributed by atoms with Crippen molar-refractivity contribution in [1.82, 2.24) is 9.97 Å². The quantitative estimate of drug-likeness (QED) is 0.719. The molecule has 3 heterocycles. The van der Waals surface area contributed by atoms with Gasteiger partial charge < -0.3 is 4.90 Å². The first-order valence-corrected chi connectivity index (χ1v) is 8.43. The van der Waals surface area contributed by atoms with E-state index in [9.17, 15) is 0 Å². The summed E-state index contributed by atoms with van der Waals surface area (Å²) in [6, 6.07) is 0. The van der Waals surface area contributed by atoms with E-state index in [1.54, 1.807) is 11.3 Å². The third-order valence-corrected chi connectivity index (χ3v) is 4.89. The zero-order valence-electron chi connectivity index (χ0n) is 12.2. The first-order valence-electron chi connectivity index (χ1n) is 7.17. The topological polar surface area (TPSA) is 29.0 Å². The van der Waals surface area contributed by atoms with Crippen LogP contribution < -0.4 is 4.90 Å². The van der Waals surface area contributed by atoms with Crippen LogP contribution in [0.3, 0.4) is 0 Å². The molecule has 0 atom stereocenters. The largest absolute Gasteiger partial charge is 0.356 e. The lowest BCUT2D eigenvalue weighted by molar-refractivity contribution is 0.572. The monoisotopic (exact) mass is 309 g/mol. The van der Waals surface area contributed by atoms with E-state index in [0.717, 1.165) is 23.7 Å². The highest BCUT2D eigenvalue weighted by molar-refractivity contribution is 7.17. The molecule has 1 aliphatic heterocycles. The van der Waals surface area contributed by atoms with E-state index in [1.807, 2.05) is 0 Å². The molecular weight excluding hydrogens is 290 g/mol. The summed E-state index contributed by atoms with van der Waals surface area (Å²) in [5.74, 6) is 1.03. The van der Waals surface area contributed by atoms with Crippen LogP contribution in [0.5, 0.6) is 0 Å². The van der Waals surface area contributed by atoms with E-state index in [0.29, 0.717) is 5.28 Å². The van der Waals surface area contributed by atoms with Gasteiger partial charge in [0.05, 0.1) is 5.39 Å². The SMILES string of the molecule is CC(C)(C)c1csc2nc(Cl)nc(N3CCCCC3)c12. The molecule has 2 aromatic rings. The summed E-state index contributed by atoms with van der Waals surface area (Å²) >= 11 is 7.80. The van der Waals surface area contributed by atoms with E-state index in [4.69, 9.17) is 11.6 Å². The average molecular weight is 310 g/mol. The van der Waals surface area contributed by atoms with Crippen LogP contribution in [-0.2, 0) is 5.41 Å². The molecule has 0 spiro atoms. The molecule has 1 saturated heterocycles. The van der Waals surface area contributed by atoms with E-state index in [1.165, 1.54) is 30.2 Å². The summed E-state index contributed by atoms with van der Waals surface area (Å²) < 4.78 is 0. The van der Waals surface area contributed by atoms with Crippen LogP contribution in [0.4, 0.5) is 5.82 Å². The molecule has 1 aliphatic rings. The van der Waals surface area contributed by atoms with Crippen molar-refractivity contribution in [3.8, 4) is 0 Å². The number of hydrogen-bond acceptors (Lipinski definition) is 4. The minimum Gasteiger partial charge on any atom is -0.356 e. The molecule has 0 bridgehead atoms. The van der Waals surface area contributed by atoms with Crippen molar-refractivity contribution in [2.45, 2.75) is 45.4 Å². The molecule has 0 saturated carbocycles. The Morgan fingerprint density at radius 2 is 1.85 bits per heavy atom. The van der Waals surface area contributed by atoms with Crippen molar-refractivity contribution in [3.05, 3.63) is 16.2 Å². The Kier molecular flexibility index (Phi) is 3.63. The molecule has 5 heteroatoms. The van der Waals surface area contributed by atoms with Gasteiger partial charge in [-0.05, 0) is 47.2 Å². The molecule has 3 rings (SSSR count). The van der Waals surface area contributed by atoms with Crippen molar-refractivity contribution < 1.29 is 0 Å². The summed E-state index contributed by atoms with van der Waals surface area (Å²) in [7, 11) is 0. The van der Waals surface area contributed by atoms with Crippen molar-refractivity contribution in [3.63, 3.8) is 0 Å². The maximum atomic E-state index is 6.12. The molecule has 0 unspecified atom stereocenters. The normalized spacial score (nSPS) is 16.9. The molecule has 1 fully saturated rings. The minimum absolute atomic E-state index is 0.0972. The van der Waals surface area contributed by atoms with Gasteiger partial charge in [0.1, 0.15) is 10.6 Å². The van der Waals surface area contributed by atoms with Gasteiger partial charge in [0.15, 0.2) is 0 Å². The maximum Gasteiger partial charge on any atom is 0.225 e. The Balaban J connectivity index is 2.20. The van der Waals surface area contributed by atoms with Gasteiger partial charge in [0, 0.05) is 13.1 Å². The van der Waals surface area contributed by atoms with Gasteiger partial charge in [0.2, 0.25) is 5.28 Å². The number of hydrogen-bond donors (Lipinski definition) is 0. The van der Waals surface area contributed by atoms with E-state index in [2.05, 4.69) is 41.0 Å². The molecule has 108 valence electrons. The second-order valence-electron chi connectivity index (χ2n) is 6.44. The van der Waals surface area contributed by atoms with Crippen molar-refractivity contribution in [2.75, 3.05) is 18.0 Å². The molecular formula is C15H20ClN3S. The van der Waals surface area contributed by atoms with Crippen molar-refractivity contribution >= 4 is 39.0 Å². The van der Waals surface area contributed by atoms with Crippen LogP contribution in [0.25, 0.3) is 10.2 Å². The molecule has 0 amide bonds. The number of thiophene rings is 1. The number of anilines is 1. The molecule has 3 nitrogen and oxygen atoms in total. The maximum absolute atomic E-state index is 6.12. The van der Waals surface area contributed by atoms with Crippen LogP contribution in [0.2, 0.25) is 5.28 Å². The van der Waals surface area contributed by atoms with Gasteiger partial charge in [-0.15, -0.1) is 11.3 Å². The zero-order valence-corrected chi connectivity index (χ0v) is 13.8. The van der Waals surface area contributed by atoms with Crippen molar-refractivity contribution in [1.29, 1.82) is 0 Å². The lowest BCUT2D eigenvalue weighted by Gasteiger charge is -2.29. The first-order chi connectivity index (χ1) is 9.47. The third-order valence-electron chi connectivity index (χ3n) is 3.85. The Morgan fingerprint density at radius 1 is 1.15 bits per heavy atom. The highest BCUT2D eigenvalue weighted by atomic mass is 35.5. The van der Waals surface area contributed by atoms with E-state index < -0.39 is 0 Å². The fourth-order valence-corrected chi connectivity index (χ4v) is 4.16. The molecule has 0 aliphatic carbocycles. The number of rotatable bonds is 1. The van der Waals surface area contributed by atoms with Crippen LogP contribution in [0, 0.1) is 0 Å². The summed E-state index contributed by atoms with van der Waals surface area (Å²) in [6.07, 6.45) is 3.78. The molecule has 2 aromatic heterocycles. The van der Waals surface area contributed by atoms with Crippen LogP contribution in [0.15, 0.2) is 5.38 Å². The molecule has 0 N–H and O–H groups in total. The number of piperidine rings is 1. The predicted molar refractivity (Wildman–Crippen MR) is 87.2 cm³/mol. The number of fused-ring (bicyclic) bond motifs is 1. The minimum atomic E-state index is 0.0972. The van der Waals surface area contributed by atoms with Crippen LogP contribution in [0.1, 0.15) is 45.6 Å². The number of halogens is 1. The summed E-state index contributed by atoms with van der Waals surface area (Å²) in [5.41, 5.74) is 1.43. The Hall–Kier alpha value is -0.870. The number of aromatic nitrogens is 2. The second kappa shape index (κ2) is 5.15. The van der Waals surface area contributed by atoms with Crippen LogP contribution in [-0.4, -0.2) is 23.1 Å². The lowest BCUT2D eigenvalue weighted by atomic mass is 9.87. The molecule has 0 radical (unpaired) electrons. The van der Waals surface area contributed by atoms with Gasteiger partial charge in [-0.2, -0.15) is 4.98 Å². The van der Waals surface area contributed by atoms with E-state index >= 15 is 0 Å². The van der Waals surface area contributed by atoms with Crippen LogP contribution >= 0.6 is 22.9 Å².